The molecule has 36 heavy (non-hydrogen) atoms. The molecule has 0 radical (unpaired) electrons. The molecule has 2 aromatic carbocycles. The molecule has 3 aromatic rings. The SMILES string of the molecule is Cc1cc(OCc2nnc(SCC(=O)Nc3ccc(Cl)cc3)n2C2CCCCC2)c(C(C)C)cc1Br. The zero-order valence-corrected chi connectivity index (χ0v) is 24.0. The normalized spacial score (nSPS) is 14.3. The number of ether oxygens (including phenoxy) is 1. The Labute approximate surface area is 230 Å². The summed E-state index contributed by atoms with van der Waals surface area (Å²) in [5, 5.41) is 13.3. The number of halogens is 2. The third kappa shape index (κ3) is 6.84. The zero-order valence-electron chi connectivity index (χ0n) is 20.9. The van der Waals surface area contributed by atoms with Crippen molar-refractivity contribution in [2.45, 2.75) is 76.6 Å². The highest BCUT2D eigenvalue weighted by atomic mass is 79.9. The lowest BCUT2D eigenvalue weighted by atomic mass is 9.95. The van der Waals surface area contributed by atoms with E-state index in [-0.39, 0.29) is 11.7 Å². The van der Waals surface area contributed by atoms with E-state index < -0.39 is 0 Å². The van der Waals surface area contributed by atoms with Gasteiger partial charge in [0, 0.05) is 21.2 Å². The van der Waals surface area contributed by atoms with Gasteiger partial charge in [0.2, 0.25) is 5.91 Å². The monoisotopic (exact) mass is 590 g/mol. The lowest BCUT2D eigenvalue weighted by Gasteiger charge is -2.25. The minimum atomic E-state index is -0.0924. The number of rotatable bonds is 9. The number of nitrogens with one attached hydrogen (secondary N) is 1. The van der Waals surface area contributed by atoms with E-state index in [1.165, 1.54) is 31.0 Å². The fraction of sp³-hybridized carbons (Fsp3) is 0.444. The first kappa shape index (κ1) is 27.0. The van der Waals surface area contributed by atoms with Gasteiger partial charge in [-0.3, -0.25) is 9.36 Å². The molecule has 0 bridgehead atoms. The standard InChI is InChI=1S/C27H32BrClN4O2S/c1-17(2)22-14-23(28)18(3)13-24(22)35-15-25-31-32-27(33(25)21-7-5-4-6-8-21)36-16-26(34)30-20-11-9-19(29)10-12-20/h9-14,17,21H,4-8,15-16H2,1-3H3,(H,30,34). The Morgan fingerprint density at radius 1 is 1.19 bits per heavy atom. The summed E-state index contributed by atoms with van der Waals surface area (Å²) in [6, 6.07) is 11.6. The van der Waals surface area contributed by atoms with Gasteiger partial charge in [0.05, 0.1) is 5.75 Å². The Kier molecular flexibility index (Phi) is 9.36. The summed E-state index contributed by atoms with van der Waals surface area (Å²) >= 11 is 11.0. The highest BCUT2D eigenvalue weighted by molar-refractivity contribution is 9.10. The third-order valence-corrected chi connectivity index (χ3v) is 8.45. The topological polar surface area (TPSA) is 69.0 Å². The van der Waals surface area contributed by atoms with E-state index in [9.17, 15) is 4.79 Å². The van der Waals surface area contributed by atoms with Crippen molar-refractivity contribution in [3.63, 3.8) is 0 Å². The van der Waals surface area contributed by atoms with Crippen LogP contribution in [-0.2, 0) is 11.4 Å². The van der Waals surface area contributed by atoms with E-state index in [1.54, 1.807) is 24.3 Å². The van der Waals surface area contributed by atoms with Crippen molar-refractivity contribution in [2.24, 2.45) is 0 Å². The van der Waals surface area contributed by atoms with Crippen molar-refractivity contribution in [2.75, 3.05) is 11.1 Å². The second-order valence-electron chi connectivity index (χ2n) is 9.49. The molecule has 0 unspecified atom stereocenters. The fourth-order valence-electron chi connectivity index (χ4n) is 4.46. The van der Waals surface area contributed by atoms with E-state index in [0.717, 1.165) is 50.9 Å². The predicted molar refractivity (Wildman–Crippen MR) is 150 cm³/mol. The molecular formula is C27H32BrClN4O2S. The van der Waals surface area contributed by atoms with Crippen LogP contribution in [0.4, 0.5) is 5.69 Å². The smallest absolute Gasteiger partial charge is 0.234 e. The van der Waals surface area contributed by atoms with Crippen molar-refractivity contribution in [1.29, 1.82) is 0 Å². The number of carbonyl (C=O) groups is 1. The maximum atomic E-state index is 12.6. The summed E-state index contributed by atoms with van der Waals surface area (Å²) in [5.74, 6) is 2.17. The molecule has 0 atom stereocenters. The molecule has 1 amide bonds. The number of thioether (sulfide) groups is 1. The van der Waals surface area contributed by atoms with Crippen molar-refractivity contribution in [3.05, 3.63) is 62.8 Å². The Morgan fingerprint density at radius 3 is 2.61 bits per heavy atom. The van der Waals surface area contributed by atoms with E-state index >= 15 is 0 Å². The second kappa shape index (κ2) is 12.5. The van der Waals surface area contributed by atoms with Crippen molar-refractivity contribution < 1.29 is 9.53 Å². The molecule has 1 N–H and O–H groups in total. The summed E-state index contributed by atoms with van der Waals surface area (Å²) in [4.78, 5) is 12.6. The van der Waals surface area contributed by atoms with Crippen LogP contribution in [0, 0.1) is 6.92 Å². The second-order valence-corrected chi connectivity index (χ2v) is 11.7. The summed E-state index contributed by atoms with van der Waals surface area (Å²) < 4.78 is 9.63. The molecule has 1 aromatic heterocycles. The number of aromatic nitrogens is 3. The summed E-state index contributed by atoms with van der Waals surface area (Å²) in [7, 11) is 0. The van der Waals surface area contributed by atoms with Crippen LogP contribution in [0.1, 0.15) is 74.9 Å². The number of benzene rings is 2. The maximum Gasteiger partial charge on any atom is 0.234 e. The highest BCUT2D eigenvalue weighted by Crippen LogP contribution is 2.35. The van der Waals surface area contributed by atoms with Crippen molar-refractivity contribution >= 4 is 50.9 Å². The third-order valence-electron chi connectivity index (χ3n) is 6.41. The van der Waals surface area contributed by atoms with Gasteiger partial charge in [-0.2, -0.15) is 0 Å². The first-order chi connectivity index (χ1) is 17.3. The average Bonchev–Trinajstić information content (AvgIpc) is 3.27. The van der Waals surface area contributed by atoms with Crippen LogP contribution in [0.25, 0.3) is 0 Å². The van der Waals surface area contributed by atoms with Gasteiger partial charge in [-0.15, -0.1) is 10.2 Å². The molecule has 9 heteroatoms. The van der Waals surface area contributed by atoms with Crippen LogP contribution in [0.15, 0.2) is 46.0 Å². The number of hydrogen-bond acceptors (Lipinski definition) is 5. The van der Waals surface area contributed by atoms with E-state index in [1.807, 2.05) is 0 Å². The number of aryl methyl sites for hydroxylation is 1. The Morgan fingerprint density at radius 2 is 1.92 bits per heavy atom. The van der Waals surface area contributed by atoms with Crippen molar-refractivity contribution in [1.82, 2.24) is 14.8 Å². The minimum absolute atomic E-state index is 0.0924. The van der Waals surface area contributed by atoms with Gasteiger partial charge in [0.1, 0.15) is 12.4 Å². The van der Waals surface area contributed by atoms with Crippen LogP contribution in [-0.4, -0.2) is 26.4 Å². The highest BCUT2D eigenvalue weighted by Gasteiger charge is 2.24. The van der Waals surface area contributed by atoms with E-state index in [2.05, 4.69) is 68.9 Å². The van der Waals surface area contributed by atoms with Crippen LogP contribution < -0.4 is 10.1 Å². The number of nitrogens with zero attached hydrogens (tertiary/aromatic N) is 3. The number of carbonyl (C=O) groups excluding carboxylic acids is 1. The average molecular weight is 592 g/mol. The quantitative estimate of drug-likeness (QED) is 0.256. The van der Waals surface area contributed by atoms with Crippen LogP contribution in [0.2, 0.25) is 5.02 Å². The lowest BCUT2D eigenvalue weighted by Crippen LogP contribution is -2.19. The number of hydrogen-bond donors (Lipinski definition) is 1. The lowest BCUT2D eigenvalue weighted by molar-refractivity contribution is -0.113. The van der Waals surface area contributed by atoms with Gasteiger partial charge in [-0.25, -0.2) is 0 Å². The molecule has 4 rings (SSSR count). The molecule has 192 valence electrons. The molecule has 1 saturated carbocycles. The van der Waals surface area contributed by atoms with Gasteiger partial charge >= 0.3 is 0 Å². The molecular weight excluding hydrogens is 560 g/mol. The maximum absolute atomic E-state index is 12.6. The first-order valence-electron chi connectivity index (χ1n) is 12.4. The molecule has 1 aliphatic rings. The molecule has 1 heterocycles. The van der Waals surface area contributed by atoms with Gasteiger partial charge in [0.25, 0.3) is 0 Å². The molecule has 1 fully saturated rings. The van der Waals surface area contributed by atoms with Gasteiger partial charge in [-0.05, 0) is 73.2 Å². The molecule has 0 spiro atoms. The largest absolute Gasteiger partial charge is 0.485 e. The Balaban J connectivity index is 1.50. The number of amides is 1. The fourth-order valence-corrected chi connectivity index (χ4v) is 5.77. The van der Waals surface area contributed by atoms with Crippen LogP contribution in [0.3, 0.4) is 0 Å². The van der Waals surface area contributed by atoms with Gasteiger partial charge < -0.3 is 10.1 Å². The van der Waals surface area contributed by atoms with Crippen molar-refractivity contribution in [3.8, 4) is 5.75 Å². The summed E-state index contributed by atoms with van der Waals surface area (Å²) in [5.41, 5.74) is 3.01. The first-order valence-corrected chi connectivity index (χ1v) is 14.5. The zero-order chi connectivity index (χ0) is 25.7. The predicted octanol–water partition coefficient (Wildman–Crippen LogP) is 7.94. The van der Waals surface area contributed by atoms with E-state index in [4.69, 9.17) is 16.3 Å². The Hall–Kier alpha value is -2.03. The molecule has 0 aliphatic heterocycles. The van der Waals surface area contributed by atoms with E-state index in [0.29, 0.717) is 23.6 Å². The Bertz CT molecular complexity index is 1190. The van der Waals surface area contributed by atoms with Gasteiger partial charge in [-0.1, -0.05) is 72.4 Å². The molecule has 6 nitrogen and oxygen atoms in total. The van der Waals surface area contributed by atoms with Gasteiger partial charge in [0.15, 0.2) is 11.0 Å². The minimum Gasteiger partial charge on any atom is -0.485 e. The summed E-state index contributed by atoms with van der Waals surface area (Å²) in [6.45, 7) is 6.73. The van der Waals surface area contributed by atoms with Crippen LogP contribution >= 0.6 is 39.3 Å². The van der Waals surface area contributed by atoms with Crippen LogP contribution in [0.5, 0.6) is 5.75 Å². The number of anilines is 1. The molecule has 0 saturated heterocycles. The molecule has 1 aliphatic carbocycles. The summed E-state index contributed by atoms with van der Waals surface area (Å²) in [6.07, 6.45) is 5.81.